The zero-order valence-corrected chi connectivity index (χ0v) is 17.2. The maximum absolute atomic E-state index is 12.4. The van der Waals surface area contributed by atoms with Gasteiger partial charge in [0.25, 0.3) is 5.91 Å². The van der Waals surface area contributed by atoms with Crippen LogP contribution in [0.4, 0.5) is 0 Å². The van der Waals surface area contributed by atoms with E-state index in [-0.39, 0.29) is 12.6 Å². The molecule has 0 aliphatic carbocycles. The summed E-state index contributed by atoms with van der Waals surface area (Å²) < 4.78 is 10.1. The van der Waals surface area contributed by atoms with E-state index in [4.69, 9.17) is 4.74 Å². The van der Waals surface area contributed by atoms with Crippen LogP contribution in [0.1, 0.15) is 34.2 Å². The largest absolute Gasteiger partial charge is 0.471 e. The number of halogens is 1. The Bertz CT molecular complexity index is 927. The summed E-state index contributed by atoms with van der Waals surface area (Å²) in [4.78, 5) is 12.4. The van der Waals surface area contributed by atoms with Gasteiger partial charge in [-0.3, -0.25) is 9.48 Å². The molecule has 142 valence electrons. The molecule has 8 heteroatoms. The molecule has 0 saturated carbocycles. The molecule has 3 rings (SSSR count). The van der Waals surface area contributed by atoms with Crippen LogP contribution in [0.2, 0.25) is 0 Å². The Morgan fingerprint density at radius 2 is 2.00 bits per heavy atom. The molecule has 0 saturated heterocycles. The summed E-state index contributed by atoms with van der Waals surface area (Å²) in [5, 5.41) is 11.4. The maximum Gasteiger partial charge on any atom is 0.272 e. The van der Waals surface area contributed by atoms with Gasteiger partial charge in [-0.25, -0.2) is 4.68 Å². The first-order valence-corrected chi connectivity index (χ1v) is 9.48. The molecule has 27 heavy (non-hydrogen) atoms. The van der Waals surface area contributed by atoms with Crippen molar-refractivity contribution in [3.05, 3.63) is 63.6 Å². The molecule has 0 aliphatic heterocycles. The van der Waals surface area contributed by atoms with Gasteiger partial charge in [0.05, 0.1) is 22.9 Å². The summed E-state index contributed by atoms with van der Waals surface area (Å²) in [5.74, 6) is 0.544. The van der Waals surface area contributed by atoms with Crippen LogP contribution >= 0.6 is 15.9 Å². The van der Waals surface area contributed by atoms with Gasteiger partial charge in [-0.05, 0) is 66.0 Å². The highest BCUT2D eigenvalue weighted by molar-refractivity contribution is 9.10. The lowest BCUT2D eigenvalue weighted by Crippen LogP contribution is -2.25. The third kappa shape index (κ3) is 4.77. The molecule has 2 heterocycles. The molecule has 1 amide bonds. The van der Waals surface area contributed by atoms with Crippen LogP contribution in [0.25, 0.3) is 0 Å². The van der Waals surface area contributed by atoms with E-state index in [1.165, 1.54) is 0 Å². The van der Waals surface area contributed by atoms with E-state index in [9.17, 15) is 4.79 Å². The molecule has 0 bridgehead atoms. The number of ether oxygens (including phenoxy) is 1. The number of carbonyl (C=O) groups excluding carboxylic acids is 1. The van der Waals surface area contributed by atoms with Gasteiger partial charge in [-0.1, -0.05) is 6.07 Å². The maximum atomic E-state index is 12.4. The first-order valence-electron chi connectivity index (χ1n) is 8.69. The molecule has 3 aromatic rings. The molecule has 0 spiro atoms. The van der Waals surface area contributed by atoms with Gasteiger partial charge < -0.3 is 10.1 Å². The van der Waals surface area contributed by atoms with Gasteiger partial charge in [0.2, 0.25) is 0 Å². The molecule has 0 fully saturated rings. The van der Waals surface area contributed by atoms with Crippen LogP contribution in [0, 0.1) is 13.8 Å². The molecule has 0 unspecified atom stereocenters. The topological polar surface area (TPSA) is 74.0 Å². The highest BCUT2D eigenvalue weighted by atomic mass is 79.9. The van der Waals surface area contributed by atoms with Gasteiger partial charge in [-0.2, -0.15) is 10.2 Å². The van der Waals surface area contributed by atoms with Gasteiger partial charge in [0, 0.05) is 12.7 Å². The number of aromatic nitrogens is 4. The van der Waals surface area contributed by atoms with E-state index < -0.39 is 0 Å². The minimum atomic E-state index is -0.240. The van der Waals surface area contributed by atoms with E-state index in [0.717, 1.165) is 33.6 Å². The van der Waals surface area contributed by atoms with Gasteiger partial charge in [0.15, 0.2) is 6.73 Å². The first kappa shape index (κ1) is 19.2. The average Bonchev–Trinajstić information content (AvgIpc) is 3.24. The predicted octanol–water partition coefficient (Wildman–Crippen LogP) is 3.45. The Labute approximate surface area is 166 Å². The van der Waals surface area contributed by atoms with Gasteiger partial charge in [-0.15, -0.1) is 0 Å². The van der Waals surface area contributed by atoms with E-state index in [2.05, 4.69) is 37.5 Å². The van der Waals surface area contributed by atoms with Gasteiger partial charge >= 0.3 is 0 Å². The van der Waals surface area contributed by atoms with Crippen molar-refractivity contribution >= 4 is 21.8 Å². The fraction of sp³-hybridized carbons (Fsp3) is 0.316. The van der Waals surface area contributed by atoms with Crippen molar-refractivity contribution in [3.63, 3.8) is 0 Å². The predicted molar refractivity (Wildman–Crippen MR) is 106 cm³/mol. The summed E-state index contributed by atoms with van der Waals surface area (Å²) in [6.07, 6.45) is 3.45. The standard InChI is InChI=1S/C19H22BrN5O2/c1-4-25-18(16(20)10-22-25)11-21-19(26)17-5-6-24(23-17)12-27-15-8-13(2)7-14(3)9-15/h5-10H,4,11-12H2,1-3H3,(H,21,26). The molecular formula is C19H22BrN5O2. The van der Waals surface area contributed by atoms with Crippen molar-refractivity contribution in [1.82, 2.24) is 24.9 Å². The lowest BCUT2D eigenvalue weighted by Gasteiger charge is -2.08. The second-order valence-corrected chi connectivity index (χ2v) is 7.13. The van der Waals surface area contributed by atoms with Crippen LogP contribution in [-0.4, -0.2) is 25.5 Å². The van der Waals surface area contributed by atoms with E-state index in [0.29, 0.717) is 12.2 Å². The first-order chi connectivity index (χ1) is 13.0. The van der Waals surface area contributed by atoms with Crippen molar-refractivity contribution < 1.29 is 9.53 Å². The monoisotopic (exact) mass is 431 g/mol. The second-order valence-electron chi connectivity index (χ2n) is 6.27. The number of hydrogen-bond donors (Lipinski definition) is 1. The van der Waals surface area contributed by atoms with Crippen LogP contribution in [0.5, 0.6) is 5.75 Å². The fourth-order valence-electron chi connectivity index (χ4n) is 2.80. The van der Waals surface area contributed by atoms with Crippen molar-refractivity contribution in [2.24, 2.45) is 0 Å². The summed E-state index contributed by atoms with van der Waals surface area (Å²) in [7, 11) is 0. The zero-order chi connectivity index (χ0) is 19.4. The Morgan fingerprint density at radius 3 is 2.70 bits per heavy atom. The lowest BCUT2D eigenvalue weighted by atomic mass is 10.1. The quantitative estimate of drug-likeness (QED) is 0.621. The van der Waals surface area contributed by atoms with Crippen LogP contribution in [0.3, 0.4) is 0 Å². The van der Waals surface area contributed by atoms with E-state index in [1.807, 2.05) is 37.6 Å². The Hall–Kier alpha value is -2.61. The van der Waals surface area contributed by atoms with Crippen molar-refractivity contribution in [2.75, 3.05) is 0 Å². The highest BCUT2D eigenvalue weighted by Crippen LogP contribution is 2.17. The molecule has 1 N–H and O–H groups in total. The number of nitrogens with zero attached hydrogens (tertiary/aromatic N) is 4. The second kappa shape index (κ2) is 8.39. The Morgan fingerprint density at radius 1 is 1.26 bits per heavy atom. The number of rotatable bonds is 7. The number of aryl methyl sites for hydroxylation is 3. The molecule has 0 radical (unpaired) electrons. The minimum Gasteiger partial charge on any atom is -0.471 e. The average molecular weight is 432 g/mol. The molecular weight excluding hydrogens is 410 g/mol. The normalized spacial score (nSPS) is 10.8. The number of benzene rings is 1. The fourth-order valence-corrected chi connectivity index (χ4v) is 3.24. The summed E-state index contributed by atoms with van der Waals surface area (Å²) in [5.41, 5.74) is 3.55. The van der Waals surface area contributed by atoms with Crippen LogP contribution in [0.15, 0.2) is 41.1 Å². The molecule has 0 aliphatic rings. The van der Waals surface area contributed by atoms with E-state index >= 15 is 0 Å². The van der Waals surface area contributed by atoms with Crippen molar-refractivity contribution in [1.29, 1.82) is 0 Å². The Kier molecular flexibility index (Phi) is 5.95. The summed E-state index contributed by atoms with van der Waals surface area (Å²) >= 11 is 3.45. The molecule has 7 nitrogen and oxygen atoms in total. The van der Waals surface area contributed by atoms with Crippen LogP contribution in [-0.2, 0) is 19.8 Å². The summed E-state index contributed by atoms with van der Waals surface area (Å²) in [6, 6.07) is 7.70. The molecule has 2 aromatic heterocycles. The van der Waals surface area contributed by atoms with E-state index in [1.54, 1.807) is 23.1 Å². The number of nitrogens with one attached hydrogen (secondary N) is 1. The number of hydrogen-bond acceptors (Lipinski definition) is 4. The molecule has 1 aromatic carbocycles. The lowest BCUT2D eigenvalue weighted by molar-refractivity contribution is 0.0942. The number of carbonyl (C=O) groups is 1. The Balaban J connectivity index is 1.58. The highest BCUT2D eigenvalue weighted by Gasteiger charge is 2.13. The number of amides is 1. The third-order valence-corrected chi connectivity index (χ3v) is 4.71. The molecule has 0 atom stereocenters. The van der Waals surface area contributed by atoms with Crippen LogP contribution < -0.4 is 10.1 Å². The SMILES string of the molecule is CCn1ncc(Br)c1CNC(=O)c1ccn(COc2cc(C)cc(C)c2)n1. The smallest absolute Gasteiger partial charge is 0.272 e. The zero-order valence-electron chi connectivity index (χ0n) is 15.6. The van der Waals surface area contributed by atoms with Crippen molar-refractivity contribution in [2.45, 2.75) is 40.6 Å². The third-order valence-electron chi connectivity index (χ3n) is 4.05. The minimum absolute atomic E-state index is 0.240. The van der Waals surface area contributed by atoms with Gasteiger partial charge in [0.1, 0.15) is 11.4 Å². The van der Waals surface area contributed by atoms with Crippen molar-refractivity contribution in [3.8, 4) is 5.75 Å². The summed E-state index contributed by atoms with van der Waals surface area (Å²) in [6.45, 7) is 7.41.